The molecule has 21 heavy (non-hydrogen) atoms. The molecule has 0 bridgehead atoms. The molecule has 3 aliphatic rings. The van der Waals surface area contributed by atoms with Crippen molar-refractivity contribution in [3.05, 3.63) is 36.1 Å². The zero-order valence-electron chi connectivity index (χ0n) is 11.9. The van der Waals surface area contributed by atoms with Gasteiger partial charge in [0, 0.05) is 11.7 Å². The third-order valence-corrected chi connectivity index (χ3v) is 4.62. The fourth-order valence-corrected chi connectivity index (χ4v) is 3.40. The highest BCUT2D eigenvalue weighted by molar-refractivity contribution is 8.16. The number of hydrogen-bond donors (Lipinski definition) is 0. The lowest BCUT2D eigenvalue weighted by atomic mass is 9.92. The van der Waals surface area contributed by atoms with Gasteiger partial charge in [-0.05, 0) is 18.2 Å². The molecule has 0 aromatic carbocycles. The lowest BCUT2D eigenvalue weighted by molar-refractivity contribution is -0.141. The first kappa shape index (κ1) is 14.1. The number of carbonyl (C=O) groups is 1. The normalized spacial score (nSPS) is 30.2. The summed E-state index contributed by atoms with van der Waals surface area (Å²) in [7, 11) is 3.05. The molecule has 0 N–H and O–H groups in total. The molecule has 2 aliphatic heterocycles. The molecule has 1 aliphatic carbocycles. The standard InChI is InChI=1S/C15H16N2O3S/c1-19-10-4-6-11-9(7-10)3-5-12(16-11)14-17-13(8-21-14)15(18)20-2/h3-7,9,11,13H,8H2,1-2H3/t9?,11?,13-/m1/s1. The maximum atomic E-state index is 11.5. The molecule has 2 unspecified atom stereocenters. The molecule has 6 heteroatoms. The highest BCUT2D eigenvalue weighted by Gasteiger charge is 2.30. The first-order chi connectivity index (χ1) is 10.2. The summed E-state index contributed by atoms with van der Waals surface area (Å²) in [6.45, 7) is 0. The summed E-state index contributed by atoms with van der Waals surface area (Å²) in [4.78, 5) is 20.6. The minimum absolute atomic E-state index is 0.0735. The molecular formula is C15H16N2O3S. The summed E-state index contributed by atoms with van der Waals surface area (Å²) >= 11 is 1.55. The molecule has 0 spiro atoms. The maximum Gasteiger partial charge on any atom is 0.331 e. The van der Waals surface area contributed by atoms with Gasteiger partial charge in [-0.25, -0.2) is 4.79 Å². The average Bonchev–Trinajstić information content (AvgIpc) is 3.03. The van der Waals surface area contributed by atoms with Gasteiger partial charge >= 0.3 is 5.97 Å². The van der Waals surface area contributed by atoms with E-state index in [2.05, 4.69) is 17.1 Å². The second-order valence-electron chi connectivity index (χ2n) is 4.86. The van der Waals surface area contributed by atoms with E-state index in [1.807, 2.05) is 18.2 Å². The Kier molecular flexibility index (Phi) is 3.96. The van der Waals surface area contributed by atoms with E-state index in [0.29, 0.717) is 5.75 Å². The minimum Gasteiger partial charge on any atom is -0.497 e. The molecule has 2 heterocycles. The number of esters is 1. The predicted molar refractivity (Wildman–Crippen MR) is 83.8 cm³/mol. The van der Waals surface area contributed by atoms with Crippen LogP contribution in [-0.4, -0.2) is 48.8 Å². The van der Waals surface area contributed by atoms with E-state index >= 15 is 0 Å². The number of carbonyl (C=O) groups excluding carboxylic acids is 1. The topological polar surface area (TPSA) is 60.2 Å². The van der Waals surface area contributed by atoms with E-state index in [9.17, 15) is 4.79 Å². The van der Waals surface area contributed by atoms with Crippen LogP contribution in [0.5, 0.6) is 0 Å². The summed E-state index contributed by atoms with van der Waals surface area (Å²) in [5, 5.41) is 0.815. The molecular weight excluding hydrogens is 288 g/mol. The molecule has 0 saturated heterocycles. The summed E-state index contributed by atoms with van der Waals surface area (Å²) < 4.78 is 9.96. The number of rotatable bonds is 3. The van der Waals surface area contributed by atoms with Crippen LogP contribution in [0.1, 0.15) is 0 Å². The number of hydrogen-bond acceptors (Lipinski definition) is 6. The maximum absolute atomic E-state index is 11.5. The van der Waals surface area contributed by atoms with Gasteiger partial charge < -0.3 is 9.47 Å². The van der Waals surface area contributed by atoms with Crippen molar-refractivity contribution < 1.29 is 14.3 Å². The molecule has 3 atom stereocenters. The zero-order valence-corrected chi connectivity index (χ0v) is 12.7. The molecule has 0 saturated carbocycles. The van der Waals surface area contributed by atoms with Crippen LogP contribution in [0.25, 0.3) is 0 Å². The smallest absolute Gasteiger partial charge is 0.331 e. The van der Waals surface area contributed by atoms with Gasteiger partial charge in [-0.1, -0.05) is 12.2 Å². The van der Waals surface area contributed by atoms with Crippen LogP contribution >= 0.6 is 11.8 Å². The van der Waals surface area contributed by atoms with Crippen molar-refractivity contribution in [3.63, 3.8) is 0 Å². The SMILES string of the molecule is COC(=O)[C@H]1CSC(C2=NC3C=CC(OC)=CC3C=C2)=N1. The van der Waals surface area contributed by atoms with Crippen LogP contribution in [0.2, 0.25) is 0 Å². The fraction of sp³-hybridized carbons (Fsp3) is 0.400. The van der Waals surface area contributed by atoms with E-state index in [-0.39, 0.29) is 17.9 Å². The van der Waals surface area contributed by atoms with Crippen molar-refractivity contribution >= 4 is 28.5 Å². The Morgan fingerprint density at radius 2 is 2.14 bits per heavy atom. The first-order valence-corrected chi connectivity index (χ1v) is 7.68. The van der Waals surface area contributed by atoms with E-state index < -0.39 is 6.04 Å². The van der Waals surface area contributed by atoms with Gasteiger partial charge in [-0.2, -0.15) is 0 Å². The van der Waals surface area contributed by atoms with Gasteiger partial charge in [0.25, 0.3) is 0 Å². The van der Waals surface area contributed by atoms with E-state index in [4.69, 9.17) is 14.5 Å². The van der Waals surface area contributed by atoms with Crippen molar-refractivity contribution in [3.8, 4) is 0 Å². The predicted octanol–water partition coefficient (Wildman–Crippen LogP) is 1.77. The second kappa shape index (κ2) is 5.89. The van der Waals surface area contributed by atoms with Gasteiger partial charge in [-0.15, -0.1) is 11.8 Å². The quantitative estimate of drug-likeness (QED) is 0.746. The van der Waals surface area contributed by atoms with E-state index in [0.717, 1.165) is 16.5 Å². The van der Waals surface area contributed by atoms with Crippen molar-refractivity contribution in [1.82, 2.24) is 0 Å². The number of nitrogens with zero attached hydrogens (tertiary/aromatic N) is 2. The van der Waals surface area contributed by atoms with E-state index in [1.165, 1.54) is 7.11 Å². The highest BCUT2D eigenvalue weighted by atomic mass is 32.2. The number of thioether (sulfide) groups is 1. The van der Waals surface area contributed by atoms with Gasteiger partial charge in [0.15, 0.2) is 6.04 Å². The van der Waals surface area contributed by atoms with Crippen LogP contribution in [-0.2, 0) is 14.3 Å². The Hall–Kier alpha value is -1.82. The Morgan fingerprint density at radius 1 is 1.29 bits per heavy atom. The third kappa shape index (κ3) is 2.81. The Labute approximate surface area is 127 Å². The van der Waals surface area contributed by atoms with Crippen molar-refractivity contribution in [2.24, 2.45) is 15.9 Å². The summed E-state index contributed by atoms with van der Waals surface area (Å²) in [6.07, 6.45) is 10.1. The van der Waals surface area contributed by atoms with Crippen LogP contribution in [0.15, 0.2) is 46.1 Å². The average molecular weight is 304 g/mol. The second-order valence-corrected chi connectivity index (χ2v) is 5.87. The molecule has 0 amide bonds. The number of aliphatic imine (C=N–C) groups is 2. The number of dihydropyridines is 1. The van der Waals surface area contributed by atoms with Crippen molar-refractivity contribution in [2.75, 3.05) is 20.0 Å². The van der Waals surface area contributed by atoms with Crippen molar-refractivity contribution in [2.45, 2.75) is 12.1 Å². The summed E-state index contributed by atoms with van der Waals surface area (Å²) in [6, 6.07) is -0.338. The molecule has 110 valence electrons. The van der Waals surface area contributed by atoms with Crippen LogP contribution in [0, 0.1) is 5.92 Å². The largest absolute Gasteiger partial charge is 0.497 e. The molecule has 0 aromatic heterocycles. The summed E-state index contributed by atoms with van der Waals surface area (Å²) in [5.74, 6) is 1.41. The van der Waals surface area contributed by atoms with Gasteiger partial charge in [0.1, 0.15) is 10.8 Å². The van der Waals surface area contributed by atoms with Crippen LogP contribution < -0.4 is 0 Å². The van der Waals surface area contributed by atoms with Crippen molar-refractivity contribution in [1.29, 1.82) is 0 Å². The highest BCUT2D eigenvalue weighted by Crippen LogP contribution is 2.28. The van der Waals surface area contributed by atoms with E-state index in [1.54, 1.807) is 18.9 Å². The Morgan fingerprint density at radius 3 is 2.90 bits per heavy atom. The Balaban J connectivity index is 1.77. The number of fused-ring (bicyclic) bond motifs is 1. The molecule has 3 rings (SSSR count). The Bertz CT molecular complexity index is 604. The molecule has 0 radical (unpaired) electrons. The van der Waals surface area contributed by atoms with Crippen LogP contribution in [0.4, 0.5) is 0 Å². The molecule has 5 nitrogen and oxygen atoms in total. The number of allylic oxidation sites excluding steroid dienone is 2. The third-order valence-electron chi connectivity index (χ3n) is 3.55. The van der Waals surface area contributed by atoms with Gasteiger partial charge in [-0.3, -0.25) is 9.98 Å². The van der Waals surface area contributed by atoms with Gasteiger partial charge in [0.05, 0.1) is 26.0 Å². The summed E-state index contributed by atoms with van der Waals surface area (Å²) in [5.41, 5.74) is 0.839. The minimum atomic E-state index is -0.411. The fourth-order valence-electron chi connectivity index (χ4n) is 2.40. The zero-order chi connectivity index (χ0) is 14.8. The first-order valence-electron chi connectivity index (χ1n) is 6.70. The molecule has 0 aromatic rings. The number of ether oxygens (including phenoxy) is 2. The van der Waals surface area contributed by atoms with Gasteiger partial charge in [0.2, 0.25) is 0 Å². The lowest BCUT2D eigenvalue weighted by Gasteiger charge is -2.23. The number of methoxy groups -OCH3 is 2. The molecule has 0 fully saturated rings. The van der Waals surface area contributed by atoms with Crippen LogP contribution in [0.3, 0.4) is 0 Å². The lowest BCUT2D eigenvalue weighted by Crippen LogP contribution is -2.24. The monoisotopic (exact) mass is 304 g/mol.